The number of hydrogen-bond donors (Lipinski definition) is 0. The maximum absolute atomic E-state index is 12.9. The van der Waals surface area contributed by atoms with Crippen molar-refractivity contribution in [3.05, 3.63) is 18.2 Å². The molecule has 6 nitrogen and oxygen atoms in total. The molecule has 2 saturated heterocycles. The molecule has 1 amide bonds. The largest absolute Gasteiger partial charge is 0.339 e. The molecule has 1 aromatic heterocycles. The van der Waals surface area contributed by atoms with Crippen molar-refractivity contribution >= 4 is 5.91 Å². The topological polar surface area (TPSA) is 44.6 Å². The number of imidazole rings is 1. The molecule has 0 radical (unpaired) electrons. The van der Waals surface area contributed by atoms with Crippen LogP contribution in [-0.2, 0) is 11.3 Å². The second-order valence-electron chi connectivity index (χ2n) is 6.77. The van der Waals surface area contributed by atoms with Gasteiger partial charge in [-0.05, 0) is 20.3 Å². The van der Waals surface area contributed by atoms with E-state index in [1.165, 1.54) is 12.4 Å². The first kappa shape index (κ1) is 17.3. The maximum Gasteiger partial charge on any atom is 0.319 e. The molecule has 0 aromatic carbocycles. The lowest BCUT2D eigenvalue weighted by Gasteiger charge is -2.37. The molecule has 2 aliphatic heterocycles. The predicted octanol–water partition coefficient (Wildman–Crippen LogP) is 1.41. The summed E-state index contributed by atoms with van der Waals surface area (Å²) < 4.78 is 26.7. The van der Waals surface area contributed by atoms with E-state index in [9.17, 15) is 13.6 Å². The van der Waals surface area contributed by atoms with Gasteiger partial charge in [-0.1, -0.05) is 0 Å². The van der Waals surface area contributed by atoms with Crippen molar-refractivity contribution in [2.24, 2.45) is 0 Å². The lowest BCUT2D eigenvalue weighted by molar-refractivity contribution is -0.134. The number of alkyl halides is 2. The van der Waals surface area contributed by atoms with Crippen molar-refractivity contribution in [3.8, 4) is 0 Å². The van der Waals surface area contributed by atoms with Gasteiger partial charge in [0, 0.05) is 51.2 Å². The SMILES string of the molecule is CC(C)N1CC[C@@H](N2CCN(Cc3nccn3C(F)F)CC2)C1=O. The van der Waals surface area contributed by atoms with Crippen LogP contribution >= 0.6 is 0 Å². The van der Waals surface area contributed by atoms with Crippen molar-refractivity contribution in [2.45, 2.75) is 45.4 Å². The molecular weight excluding hydrogens is 316 g/mol. The fourth-order valence-corrected chi connectivity index (χ4v) is 3.62. The number of halogens is 2. The third kappa shape index (κ3) is 3.44. The number of carbonyl (C=O) groups is 1. The number of amides is 1. The minimum absolute atomic E-state index is 0.0161. The smallest absolute Gasteiger partial charge is 0.319 e. The summed E-state index contributed by atoms with van der Waals surface area (Å²) >= 11 is 0. The van der Waals surface area contributed by atoms with Gasteiger partial charge in [-0.3, -0.25) is 19.2 Å². The van der Waals surface area contributed by atoms with E-state index in [-0.39, 0.29) is 18.0 Å². The predicted molar refractivity (Wildman–Crippen MR) is 85.6 cm³/mol. The highest BCUT2D eigenvalue weighted by molar-refractivity contribution is 5.84. The Hall–Kier alpha value is -1.54. The van der Waals surface area contributed by atoms with Crippen LogP contribution in [0.5, 0.6) is 0 Å². The Kier molecular flexibility index (Phi) is 5.15. The zero-order valence-corrected chi connectivity index (χ0v) is 14.2. The van der Waals surface area contributed by atoms with Crippen LogP contribution in [0.1, 0.15) is 32.6 Å². The molecule has 0 bridgehead atoms. The van der Waals surface area contributed by atoms with Crippen molar-refractivity contribution in [3.63, 3.8) is 0 Å². The van der Waals surface area contributed by atoms with Crippen LogP contribution in [0.3, 0.4) is 0 Å². The van der Waals surface area contributed by atoms with Gasteiger partial charge in [0.25, 0.3) is 0 Å². The van der Waals surface area contributed by atoms with Gasteiger partial charge in [-0.2, -0.15) is 8.78 Å². The molecule has 2 fully saturated rings. The molecule has 3 rings (SSSR count). The van der Waals surface area contributed by atoms with Crippen molar-refractivity contribution in [1.82, 2.24) is 24.3 Å². The molecule has 0 saturated carbocycles. The zero-order valence-electron chi connectivity index (χ0n) is 14.2. The van der Waals surface area contributed by atoms with Crippen molar-refractivity contribution in [1.29, 1.82) is 0 Å². The first-order chi connectivity index (χ1) is 11.5. The first-order valence-electron chi connectivity index (χ1n) is 8.54. The van der Waals surface area contributed by atoms with Gasteiger partial charge in [0.05, 0.1) is 12.6 Å². The number of piperazine rings is 1. The second kappa shape index (κ2) is 7.14. The van der Waals surface area contributed by atoms with Crippen LogP contribution in [0.15, 0.2) is 12.4 Å². The summed E-state index contributed by atoms with van der Waals surface area (Å²) in [4.78, 5) is 22.8. The van der Waals surface area contributed by atoms with E-state index in [0.717, 1.165) is 43.7 Å². The standard InChI is InChI=1S/C16H25F2N5O/c1-12(2)22-5-3-13(15(22)24)21-9-7-20(8-10-21)11-14-19-4-6-23(14)16(17)18/h4,6,12-13,16H,3,5,7-11H2,1-2H3/t13-/m1/s1. The van der Waals surface area contributed by atoms with E-state index >= 15 is 0 Å². The maximum atomic E-state index is 12.9. The summed E-state index contributed by atoms with van der Waals surface area (Å²) in [6.07, 6.45) is 3.61. The van der Waals surface area contributed by atoms with E-state index in [0.29, 0.717) is 12.4 Å². The highest BCUT2D eigenvalue weighted by Gasteiger charge is 2.38. The zero-order chi connectivity index (χ0) is 17.3. The van der Waals surface area contributed by atoms with Gasteiger partial charge < -0.3 is 4.90 Å². The molecule has 0 aliphatic carbocycles. The van der Waals surface area contributed by atoms with Gasteiger partial charge in [0.15, 0.2) is 0 Å². The number of carbonyl (C=O) groups excluding carboxylic acids is 1. The monoisotopic (exact) mass is 341 g/mol. The average Bonchev–Trinajstić information content (AvgIpc) is 3.15. The van der Waals surface area contributed by atoms with Gasteiger partial charge in [0.1, 0.15) is 5.82 Å². The summed E-state index contributed by atoms with van der Waals surface area (Å²) in [5.41, 5.74) is 0. The summed E-state index contributed by atoms with van der Waals surface area (Å²) in [7, 11) is 0. The highest BCUT2D eigenvalue weighted by Crippen LogP contribution is 2.21. The van der Waals surface area contributed by atoms with Crippen molar-refractivity contribution < 1.29 is 13.6 Å². The van der Waals surface area contributed by atoms with Crippen LogP contribution < -0.4 is 0 Å². The van der Waals surface area contributed by atoms with Crippen LogP contribution in [0.2, 0.25) is 0 Å². The Morgan fingerprint density at radius 3 is 2.50 bits per heavy atom. The molecule has 0 N–H and O–H groups in total. The van der Waals surface area contributed by atoms with Crippen molar-refractivity contribution in [2.75, 3.05) is 32.7 Å². The minimum atomic E-state index is -2.55. The number of aromatic nitrogens is 2. The third-order valence-electron chi connectivity index (χ3n) is 5.01. The summed E-state index contributed by atoms with van der Waals surface area (Å²) in [6.45, 7) is 5.89. The number of likely N-dealkylation sites (tertiary alicyclic amines) is 1. The van der Waals surface area contributed by atoms with Gasteiger partial charge >= 0.3 is 6.55 Å². The Labute approximate surface area is 141 Å². The van der Waals surface area contributed by atoms with Crippen LogP contribution in [0.4, 0.5) is 8.78 Å². The Morgan fingerprint density at radius 2 is 1.92 bits per heavy atom. The quantitative estimate of drug-likeness (QED) is 0.812. The van der Waals surface area contributed by atoms with Gasteiger partial charge in [-0.25, -0.2) is 4.98 Å². The second-order valence-corrected chi connectivity index (χ2v) is 6.77. The van der Waals surface area contributed by atoms with E-state index in [1.807, 2.05) is 18.7 Å². The summed E-state index contributed by atoms with van der Waals surface area (Å²) in [6, 6.07) is 0.231. The molecule has 1 atom stereocenters. The molecule has 2 aliphatic rings. The van der Waals surface area contributed by atoms with E-state index in [2.05, 4.69) is 14.8 Å². The lowest BCUT2D eigenvalue weighted by Crippen LogP contribution is -2.52. The normalized spacial score (nSPS) is 23.8. The van der Waals surface area contributed by atoms with E-state index < -0.39 is 6.55 Å². The molecule has 1 aromatic rings. The lowest BCUT2D eigenvalue weighted by atomic mass is 10.2. The fraction of sp³-hybridized carbons (Fsp3) is 0.750. The molecule has 3 heterocycles. The minimum Gasteiger partial charge on any atom is -0.339 e. The number of nitrogens with zero attached hydrogens (tertiary/aromatic N) is 5. The highest BCUT2D eigenvalue weighted by atomic mass is 19.3. The van der Waals surface area contributed by atoms with Gasteiger partial charge in [-0.15, -0.1) is 0 Å². The van der Waals surface area contributed by atoms with E-state index in [4.69, 9.17) is 0 Å². The number of rotatable bonds is 5. The summed E-state index contributed by atoms with van der Waals surface area (Å²) in [5.74, 6) is 0.619. The third-order valence-corrected chi connectivity index (χ3v) is 5.01. The Balaban J connectivity index is 1.53. The first-order valence-corrected chi connectivity index (χ1v) is 8.54. The fourth-order valence-electron chi connectivity index (χ4n) is 3.62. The molecule has 0 unspecified atom stereocenters. The van der Waals surface area contributed by atoms with E-state index in [1.54, 1.807) is 0 Å². The molecule has 8 heteroatoms. The Morgan fingerprint density at radius 1 is 1.21 bits per heavy atom. The van der Waals surface area contributed by atoms with Crippen LogP contribution in [-0.4, -0.2) is 75.0 Å². The average molecular weight is 341 g/mol. The molecule has 24 heavy (non-hydrogen) atoms. The van der Waals surface area contributed by atoms with Gasteiger partial charge in [0.2, 0.25) is 5.91 Å². The van der Waals surface area contributed by atoms with Crippen LogP contribution in [0.25, 0.3) is 0 Å². The Bertz CT molecular complexity index is 569. The molecular formula is C16H25F2N5O. The molecule has 0 spiro atoms. The summed E-state index contributed by atoms with van der Waals surface area (Å²) in [5, 5.41) is 0. The number of hydrogen-bond acceptors (Lipinski definition) is 4. The van der Waals surface area contributed by atoms with Crippen LogP contribution in [0, 0.1) is 0 Å². The molecule has 134 valence electrons.